The fourth-order valence-electron chi connectivity index (χ4n) is 2.01. The quantitative estimate of drug-likeness (QED) is 0.914. The highest BCUT2D eigenvalue weighted by Gasteiger charge is 2.20. The molecule has 1 aliphatic rings. The highest BCUT2D eigenvalue weighted by Crippen LogP contribution is 2.25. The Labute approximate surface area is 116 Å². The van der Waals surface area contributed by atoms with Crippen molar-refractivity contribution < 1.29 is 8.78 Å². The van der Waals surface area contributed by atoms with E-state index in [1.807, 2.05) is 0 Å². The Hall–Kier alpha value is -1.10. The van der Waals surface area contributed by atoms with Gasteiger partial charge in [-0.25, -0.2) is 8.78 Å². The van der Waals surface area contributed by atoms with Crippen LogP contribution in [-0.4, -0.2) is 17.0 Å². The number of nitrogens with one attached hydrogen (secondary N) is 1. The molecule has 0 radical (unpaired) electrons. The number of amidine groups is 1. The van der Waals surface area contributed by atoms with Crippen LogP contribution >= 0.6 is 11.8 Å². The molecule has 1 unspecified atom stereocenters. The first kappa shape index (κ1) is 14.3. The van der Waals surface area contributed by atoms with Crippen molar-refractivity contribution in [1.29, 1.82) is 0 Å². The molecule has 0 spiro atoms. The number of hydrogen-bond donors (Lipinski definition) is 1. The van der Waals surface area contributed by atoms with Crippen LogP contribution in [0.25, 0.3) is 0 Å². The lowest BCUT2D eigenvalue weighted by molar-refractivity contribution is 0.575. The van der Waals surface area contributed by atoms with Crippen molar-refractivity contribution in [2.75, 3.05) is 6.54 Å². The summed E-state index contributed by atoms with van der Waals surface area (Å²) >= 11 is 1.69. The summed E-state index contributed by atoms with van der Waals surface area (Å²) in [6, 6.07) is 3.49. The van der Waals surface area contributed by atoms with E-state index in [9.17, 15) is 8.78 Å². The van der Waals surface area contributed by atoms with Crippen molar-refractivity contribution in [1.82, 2.24) is 5.32 Å². The third kappa shape index (κ3) is 4.20. The minimum atomic E-state index is -0.420. The lowest BCUT2D eigenvalue weighted by atomic mass is 10.1. The first-order valence-corrected chi connectivity index (χ1v) is 7.31. The van der Waals surface area contributed by atoms with Crippen LogP contribution in [0.4, 0.5) is 8.78 Å². The Morgan fingerprint density at radius 1 is 1.42 bits per heavy atom. The van der Waals surface area contributed by atoms with Crippen LogP contribution in [-0.2, 0) is 6.54 Å². The van der Waals surface area contributed by atoms with Crippen LogP contribution in [0.3, 0.4) is 0 Å². The van der Waals surface area contributed by atoms with Crippen molar-refractivity contribution in [3.8, 4) is 0 Å². The molecular weight excluding hydrogens is 266 g/mol. The Balaban J connectivity index is 1.85. The van der Waals surface area contributed by atoms with Crippen molar-refractivity contribution in [2.45, 2.75) is 32.1 Å². The Bertz CT molecular complexity index is 475. The van der Waals surface area contributed by atoms with Crippen LogP contribution in [0.15, 0.2) is 23.2 Å². The predicted molar refractivity (Wildman–Crippen MR) is 76.3 cm³/mol. The summed E-state index contributed by atoms with van der Waals surface area (Å²) < 4.78 is 26.5. The maximum Gasteiger partial charge on any atom is 0.157 e. The van der Waals surface area contributed by atoms with E-state index in [0.29, 0.717) is 16.7 Å². The van der Waals surface area contributed by atoms with Crippen molar-refractivity contribution >= 4 is 16.9 Å². The highest BCUT2D eigenvalue weighted by atomic mass is 32.2. The summed E-state index contributed by atoms with van der Waals surface area (Å²) in [5, 5.41) is 4.40. The summed E-state index contributed by atoms with van der Waals surface area (Å²) in [7, 11) is 0. The smallest absolute Gasteiger partial charge is 0.157 e. The number of halogens is 2. The maximum atomic E-state index is 13.4. The number of hydrogen-bond acceptors (Lipinski definition) is 3. The first-order chi connectivity index (χ1) is 9.04. The molecule has 1 aromatic rings. The predicted octanol–water partition coefficient (Wildman–Crippen LogP) is 3.57. The molecule has 0 fully saturated rings. The van der Waals surface area contributed by atoms with Crippen molar-refractivity contribution in [3.05, 3.63) is 35.4 Å². The number of benzene rings is 1. The van der Waals surface area contributed by atoms with Crippen LogP contribution in [0, 0.1) is 17.6 Å². The van der Waals surface area contributed by atoms with E-state index in [0.717, 1.165) is 30.3 Å². The van der Waals surface area contributed by atoms with E-state index < -0.39 is 11.6 Å². The van der Waals surface area contributed by atoms with Crippen LogP contribution < -0.4 is 5.32 Å². The van der Waals surface area contributed by atoms with Crippen LogP contribution in [0.5, 0.6) is 0 Å². The van der Waals surface area contributed by atoms with Crippen LogP contribution in [0.2, 0.25) is 0 Å². The largest absolute Gasteiger partial charge is 0.361 e. The second-order valence-corrected chi connectivity index (χ2v) is 6.39. The second-order valence-electron chi connectivity index (χ2n) is 5.10. The average molecular weight is 284 g/mol. The van der Waals surface area contributed by atoms with Gasteiger partial charge in [0.15, 0.2) is 5.17 Å². The molecule has 1 aliphatic heterocycles. The zero-order chi connectivity index (χ0) is 13.8. The van der Waals surface area contributed by atoms with E-state index in [4.69, 9.17) is 0 Å². The molecule has 1 N–H and O–H groups in total. The summed E-state index contributed by atoms with van der Waals surface area (Å²) in [5.41, 5.74) is 0.329. The topological polar surface area (TPSA) is 24.4 Å². The van der Waals surface area contributed by atoms with E-state index in [-0.39, 0.29) is 6.54 Å². The molecule has 1 aromatic carbocycles. The maximum absolute atomic E-state index is 13.4. The molecule has 1 heterocycles. The van der Waals surface area contributed by atoms with E-state index in [1.54, 1.807) is 11.8 Å². The van der Waals surface area contributed by atoms with Gasteiger partial charge < -0.3 is 5.32 Å². The van der Waals surface area contributed by atoms with Crippen molar-refractivity contribution in [3.63, 3.8) is 0 Å². The fraction of sp³-hybridized carbons (Fsp3) is 0.500. The van der Waals surface area contributed by atoms with Gasteiger partial charge in [0.1, 0.15) is 11.6 Å². The van der Waals surface area contributed by atoms with Gasteiger partial charge in [-0.15, -0.1) is 0 Å². The first-order valence-electron chi connectivity index (χ1n) is 6.43. The van der Waals surface area contributed by atoms with Gasteiger partial charge in [-0.2, -0.15) is 0 Å². The van der Waals surface area contributed by atoms with Gasteiger partial charge in [0.25, 0.3) is 0 Å². The summed E-state index contributed by atoms with van der Waals surface area (Å²) in [4.78, 5) is 4.39. The molecular formula is C14H18F2N2S. The summed E-state index contributed by atoms with van der Waals surface area (Å²) in [6.45, 7) is 5.45. The molecule has 104 valence electrons. The number of aliphatic imine (C=N–C) groups is 1. The summed E-state index contributed by atoms with van der Waals surface area (Å²) in [5.74, 6) is -0.166. The molecule has 0 bridgehead atoms. The van der Waals surface area contributed by atoms with Gasteiger partial charge in [-0.3, -0.25) is 4.99 Å². The fourth-order valence-corrected chi connectivity index (χ4v) is 3.26. The minimum absolute atomic E-state index is 0.268. The number of thioether (sulfide) groups is 1. The zero-order valence-corrected chi connectivity index (χ0v) is 11.9. The SMILES string of the molecule is CC(C)CC1CN=C(NCc2cc(F)ccc2F)S1. The second kappa shape index (κ2) is 6.37. The Morgan fingerprint density at radius 3 is 2.95 bits per heavy atom. The molecule has 1 atom stereocenters. The molecule has 0 aromatic heterocycles. The van der Waals surface area contributed by atoms with E-state index >= 15 is 0 Å². The monoisotopic (exact) mass is 284 g/mol. The third-order valence-corrected chi connectivity index (χ3v) is 4.06. The van der Waals surface area contributed by atoms with E-state index in [1.165, 1.54) is 6.07 Å². The molecule has 19 heavy (non-hydrogen) atoms. The zero-order valence-electron chi connectivity index (χ0n) is 11.1. The molecule has 2 rings (SSSR count). The van der Waals surface area contributed by atoms with Gasteiger partial charge in [-0.1, -0.05) is 25.6 Å². The Kier molecular flexibility index (Phi) is 4.80. The Morgan fingerprint density at radius 2 is 2.21 bits per heavy atom. The number of rotatable bonds is 4. The summed E-state index contributed by atoms with van der Waals surface area (Å²) in [6.07, 6.45) is 1.12. The van der Waals surface area contributed by atoms with Crippen LogP contribution in [0.1, 0.15) is 25.8 Å². The molecule has 0 aliphatic carbocycles. The lowest BCUT2D eigenvalue weighted by Crippen LogP contribution is -2.20. The molecule has 2 nitrogen and oxygen atoms in total. The standard InChI is InChI=1S/C14H18F2N2S/c1-9(2)5-12-8-18-14(19-12)17-7-10-6-11(15)3-4-13(10)16/h3-4,6,9,12H,5,7-8H2,1-2H3,(H,17,18). The average Bonchev–Trinajstić information content (AvgIpc) is 2.77. The molecule has 5 heteroatoms. The van der Waals surface area contributed by atoms with Gasteiger partial charge in [0, 0.05) is 17.4 Å². The van der Waals surface area contributed by atoms with Gasteiger partial charge in [-0.05, 0) is 30.5 Å². The third-order valence-electron chi connectivity index (χ3n) is 2.89. The van der Waals surface area contributed by atoms with E-state index in [2.05, 4.69) is 24.2 Å². The van der Waals surface area contributed by atoms with Crippen molar-refractivity contribution in [2.24, 2.45) is 10.9 Å². The molecule has 0 saturated heterocycles. The van der Waals surface area contributed by atoms with Gasteiger partial charge in [0.2, 0.25) is 0 Å². The van der Waals surface area contributed by atoms with Gasteiger partial charge in [0.05, 0.1) is 6.54 Å². The molecule has 0 saturated carbocycles. The molecule has 0 amide bonds. The lowest BCUT2D eigenvalue weighted by Gasteiger charge is -2.11. The van der Waals surface area contributed by atoms with Gasteiger partial charge >= 0.3 is 0 Å². The number of nitrogens with zero attached hydrogens (tertiary/aromatic N) is 1. The normalized spacial score (nSPS) is 18.8. The minimum Gasteiger partial charge on any atom is -0.361 e. The highest BCUT2D eigenvalue weighted by molar-refractivity contribution is 8.14.